The second-order valence-electron chi connectivity index (χ2n) is 4.02. The number of aromatic nitrogens is 4. The number of nitrogens with one attached hydrogen (secondary N) is 1. The SMILES string of the molecule is COC(=O)[C@@H](C)NC(=O)c1cccc(-n2cnnn2)c1. The van der Waals surface area contributed by atoms with E-state index in [9.17, 15) is 9.59 Å². The van der Waals surface area contributed by atoms with Crippen molar-refractivity contribution in [1.29, 1.82) is 0 Å². The first kappa shape index (κ1) is 13.7. The summed E-state index contributed by atoms with van der Waals surface area (Å²) in [5.41, 5.74) is 1.04. The highest BCUT2D eigenvalue weighted by Gasteiger charge is 2.17. The van der Waals surface area contributed by atoms with E-state index >= 15 is 0 Å². The standard InChI is InChI=1S/C12H13N5O3/c1-8(12(19)20-2)14-11(18)9-4-3-5-10(6-9)17-7-13-15-16-17/h3-8H,1-2H3,(H,14,18)/t8-/m1/s1. The van der Waals surface area contributed by atoms with Gasteiger partial charge in [0, 0.05) is 5.56 Å². The Balaban J connectivity index is 2.15. The summed E-state index contributed by atoms with van der Waals surface area (Å²) in [6.07, 6.45) is 1.42. The van der Waals surface area contributed by atoms with Crippen LogP contribution in [0.4, 0.5) is 0 Å². The number of carbonyl (C=O) groups is 2. The first-order valence-corrected chi connectivity index (χ1v) is 5.84. The monoisotopic (exact) mass is 275 g/mol. The molecule has 1 atom stereocenters. The highest BCUT2D eigenvalue weighted by atomic mass is 16.5. The summed E-state index contributed by atoms with van der Waals surface area (Å²) in [4.78, 5) is 23.3. The van der Waals surface area contributed by atoms with Crippen molar-refractivity contribution in [3.05, 3.63) is 36.2 Å². The molecule has 0 bridgehead atoms. The molecule has 0 spiro atoms. The molecule has 2 rings (SSSR count). The van der Waals surface area contributed by atoms with Crippen molar-refractivity contribution in [3.8, 4) is 5.69 Å². The van der Waals surface area contributed by atoms with Gasteiger partial charge in [-0.15, -0.1) is 5.10 Å². The van der Waals surface area contributed by atoms with Crippen LogP contribution < -0.4 is 5.32 Å². The lowest BCUT2D eigenvalue weighted by Gasteiger charge is -2.11. The molecule has 1 N–H and O–H groups in total. The van der Waals surface area contributed by atoms with E-state index < -0.39 is 12.0 Å². The Bertz CT molecular complexity index is 611. The molecular formula is C12H13N5O3. The third kappa shape index (κ3) is 2.97. The van der Waals surface area contributed by atoms with Gasteiger partial charge < -0.3 is 10.1 Å². The summed E-state index contributed by atoms with van der Waals surface area (Å²) in [5, 5.41) is 13.3. The number of tetrazole rings is 1. The molecule has 2 aromatic rings. The van der Waals surface area contributed by atoms with Crippen molar-refractivity contribution in [2.75, 3.05) is 7.11 Å². The average Bonchev–Trinajstić information content (AvgIpc) is 3.00. The van der Waals surface area contributed by atoms with Gasteiger partial charge in [0.2, 0.25) is 0 Å². The molecule has 20 heavy (non-hydrogen) atoms. The van der Waals surface area contributed by atoms with E-state index in [1.165, 1.54) is 18.1 Å². The third-order valence-corrected chi connectivity index (χ3v) is 2.62. The van der Waals surface area contributed by atoms with Crippen molar-refractivity contribution in [3.63, 3.8) is 0 Å². The number of rotatable bonds is 4. The van der Waals surface area contributed by atoms with Gasteiger partial charge in [-0.05, 0) is 35.5 Å². The van der Waals surface area contributed by atoms with Crippen LogP contribution in [0.2, 0.25) is 0 Å². The topological polar surface area (TPSA) is 99.0 Å². The third-order valence-electron chi connectivity index (χ3n) is 2.62. The molecule has 0 aliphatic carbocycles. The van der Waals surface area contributed by atoms with Crippen LogP contribution in [0.5, 0.6) is 0 Å². The van der Waals surface area contributed by atoms with Gasteiger partial charge >= 0.3 is 5.97 Å². The van der Waals surface area contributed by atoms with Crippen molar-refractivity contribution in [1.82, 2.24) is 25.5 Å². The number of benzene rings is 1. The Morgan fingerprint density at radius 1 is 1.40 bits per heavy atom. The Morgan fingerprint density at radius 3 is 2.85 bits per heavy atom. The molecule has 1 amide bonds. The molecule has 0 radical (unpaired) electrons. The molecule has 8 nitrogen and oxygen atoms in total. The van der Waals surface area contributed by atoms with E-state index in [1.807, 2.05) is 0 Å². The van der Waals surface area contributed by atoms with Gasteiger partial charge in [-0.3, -0.25) is 4.79 Å². The van der Waals surface area contributed by atoms with Gasteiger partial charge in [-0.25, -0.2) is 9.48 Å². The molecule has 1 aromatic heterocycles. The molecule has 0 saturated carbocycles. The van der Waals surface area contributed by atoms with Crippen LogP contribution in [0, 0.1) is 0 Å². The van der Waals surface area contributed by atoms with Gasteiger partial charge in [-0.1, -0.05) is 6.07 Å². The lowest BCUT2D eigenvalue weighted by Crippen LogP contribution is -2.39. The minimum Gasteiger partial charge on any atom is -0.467 e. The minimum absolute atomic E-state index is 0.377. The molecule has 1 heterocycles. The van der Waals surface area contributed by atoms with E-state index in [0.29, 0.717) is 11.3 Å². The van der Waals surface area contributed by atoms with Crippen molar-refractivity contribution >= 4 is 11.9 Å². The maximum Gasteiger partial charge on any atom is 0.328 e. The van der Waals surface area contributed by atoms with Gasteiger partial charge in [0.15, 0.2) is 0 Å². The fourth-order valence-corrected chi connectivity index (χ4v) is 1.58. The number of methoxy groups -OCH3 is 1. The molecule has 0 unspecified atom stereocenters. The average molecular weight is 275 g/mol. The number of nitrogens with zero attached hydrogens (tertiary/aromatic N) is 4. The summed E-state index contributed by atoms with van der Waals surface area (Å²) in [7, 11) is 1.27. The zero-order valence-corrected chi connectivity index (χ0v) is 11.0. The molecule has 8 heteroatoms. The molecule has 0 saturated heterocycles. The van der Waals surface area contributed by atoms with E-state index in [-0.39, 0.29) is 5.91 Å². The zero-order valence-electron chi connectivity index (χ0n) is 11.0. The number of ether oxygens (including phenoxy) is 1. The quantitative estimate of drug-likeness (QED) is 0.786. The van der Waals surface area contributed by atoms with Crippen molar-refractivity contribution in [2.45, 2.75) is 13.0 Å². The molecule has 0 aliphatic rings. The van der Waals surface area contributed by atoms with Crippen LogP contribution in [-0.2, 0) is 9.53 Å². The number of esters is 1. The van der Waals surface area contributed by atoms with Crippen LogP contribution in [-0.4, -0.2) is 45.2 Å². The van der Waals surface area contributed by atoms with E-state index in [2.05, 4.69) is 25.6 Å². The second-order valence-corrected chi connectivity index (χ2v) is 4.02. The maximum absolute atomic E-state index is 12.0. The van der Waals surface area contributed by atoms with Crippen LogP contribution >= 0.6 is 0 Å². The molecule has 104 valence electrons. The van der Waals surface area contributed by atoms with E-state index in [4.69, 9.17) is 0 Å². The number of amides is 1. The maximum atomic E-state index is 12.0. The summed E-state index contributed by atoms with van der Waals surface area (Å²) in [5.74, 6) is -0.882. The highest BCUT2D eigenvalue weighted by Crippen LogP contribution is 2.09. The smallest absolute Gasteiger partial charge is 0.328 e. The molecular weight excluding hydrogens is 262 g/mol. The lowest BCUT2D eigenvalue weighted by atomic mass is 10.1. The largest absolute Gasteiger partial charge is 0.467 e. The normalized spacial score (nSPS) is 11.7. The molecule has 0 fully saturated rings. The summed E-state index contributed by atoms with van der Waals surface area (Å²) >= 11 is 0. The summed E-state index contributed by atoms with van der Waals surface area (Å²) in [6.45, 7) is 1.55. The Labute approximate surface area is 114 Å². The van der Waals surface area contributed by atoms with Crippen LogP contribution in [0.1, 0.15) is 17.3 Å². The zero-order chi connectivity index (χ0) is 14.5. The Hall–Kier alpha value is -2.77. The summed E-state index contributed by atoms with van der Waals surface area (Å²) in [6, 6.07) is 6.00. The predicted molar refractivity (Wildman–Crippen MR) is 68.1 cm³/mol. The number of carbonyl (C=O) groups excluding carboxylic acids is 2. The van der Waals surface area contributed by atoms with Gasteiger partial charge in [0.05, 0.1) is 12.8 Å². The Kier molecular flexibility index (Phi) is 4.04. The molecule has 1 aromatic carbocycles. The molecule has 0 aliphatic heterocycles. The van der Waals surface area contributed by atoms with E-state index in [1.54, 1.807) is 31.2 Å². The first-order chi connectivity index (χ1) is 9.61. The van der Waals surface area contributed by atoms with Gasteiger partial charge in [0.25, 0.3) is 5.91 Å². The number of hydrogen-bond donors (Lipinski definition) is 1. The fraction of sp³-hybridized carbons (Fsp3) is 0.250. The Morgan fingerprint density at radius 2 is 2.20 bits per heavy atom. The first-order valence-electron chi connectivity index (χ1n) is 5.84. The fourth-order valence-electron chi connectivity index (χ4n) is 1.58. The van der Waals surface area contributed by atoms with Crippen LogP contribution in [0.15, 0.2) is 30.6 Å². The number of hydrogen-bond acceptors (Lipinski definition) is 6. The lowest BCUT2D eigenvalue weighted by molar-refractivity contribution is -0.142. The van der Waals surface area contributed by atoms with Crippen molar-refractivity contribution < 1.29 is 14.3 Å². The van der Waals surface area contributed by atoms with Crippen molar-refractivity contribution in [2.24, 2.45) is 0 Å². The van der Waals surface area contributed by atoms with E-state index in [0.717, 1.165) is 0 Å². The van der Waals surface area contributed by atoms with Crippen LogP contribution in [0.3, 0.4) is 0 Å². The minimum atomic E-state index is -0.718. The summed E-state index contributed by atoms with van der Waals surface area (Å²) < 4.78 is 5.98. The second kappa shape index (κ2) is 5.91. The van der Waals surface area contributed by atoms with Gasteiger partial charge in [0.1, 0.15) is 12.4 Å². The van der Waals surface area contributed by atoms with Crippen LogP contribution in [0.25, 0.3) is 5.69 Å². The predicted octanol–water partition coefficient (Wildman–Crippen LogP) is -0.0464. The van der Waals surface area contributed by atoms with Gasteiger partial charge in [-0.2, -0.15) is 0 Å². The highest BCUT2D eigenvalue weighted by molar-refractivity contribution is 5.97.